The minimum absolute atomic E-state index is 0.121. The molecule has 4 heterocycles. The number of hydrogen-bond acceptors (Lipinski definition) is 3. The maximum Gasteiger partial charge on any atom is 0.320 e. The molecule has 4 aliphatic heterocycles. The van der Waals surface area contributed by atoms with Crippen LogP contribution in [0.25, 0.3) is 0 Å². The molecule has 4 aliphatic rings. The summed E-state index contributed by atoms with van der Waals surface area (Å²) in [5.41, 5.74) is 1.27. The number of rotatable bonds is 5. The van der Waals surface area contributed by atoms with E-state index in [1.165, 1.54) is 5.56 Å². The normalized spacial score (nSPS) is 27.4. The third kappa shape index (κ3) is 5.23. The molecule has 1 aromatic carbocycles. The second-order valence-corrected chi connectivity index (χ2v) is 10.7. The molecule has 4 fully saturated rings. The zero-order valence-corrected chi connectivity index (χ0v) is 20.2. The van der Waals surface area contributed by atoms with E-state index < -0.39 is 0 Å². The molecular weight excluding hydrogens is 428 g/mol. The van der Waals surface area contributed by atoms with E-state index in [0.29, 0.717) is 49.7 Å². The summed E-state index contributed by atoms with van der Waals surface area (Å²) in [5, 5.41) is 3.18. The minimum atomic E-state index is 0.121. The molecular formula is C27H38N4O3. The van der Waals surface area contributed by atoms with E-state index >= 15 is 0 Å². The molecule has 1 N–H and O–H groups in total. The Hall–Kier alpha value is -2.57. The zero-order valence-electron chi connectivity index (χ0n) is 20.2. The van der Waals surface area contributed by atoms with Crippen LogP contribution in [0, 0.1) is 11.8 Å². The van der Waals surface area contributed by atoms with E-state index in [2.05, 4.69) is 27.2 Å². The van der Waals surface area contributed by atoms with E-state index in [-0.39, 0.29) is 18.0 Å². The highest BCUT2D eigenvalue weighted by atomic mass is 16.2. The van der Waals surface area contributed by atoms with Gasteiger partial charge in [0.1, 0.15) is 0 Å². The Morgan fingerprint density at radius 2 is 1.76 bits per heavy atom. The second kappa shape index (κ2) is 10.4. The van der Waals surface area contributed by atoms with Crippen molar-refractivity contribution in [2.24, 2.45) is 11.8 Å². The smallest absolute Gasteiger partial charge is 0.320 e. The number of piperidine rings is 4. The molecule has 0 spiro atoms. The van der Waals surface area contributed by atoms with Crippen LogP contribution in [-0.4, -0.2) is 77.4 Å². The largest absolute Gasteiger partial charge is 0.353 e. The summed E-state index contributed by atoms with van der Waals surface area (Å²) < 4.78 is 0. The van der Waals surface area contributed by atoms with Crippen LogP contribution in [0.15, 0.2) is 30.3 Å². The van der Waals surface area contributed by atoms with Gasteiger partial charge in [-0.2, -0.15) is 0 Å². The molecule has 0 aliphatic carbocycles. The Bertz CT molecular complexity index is 883. The molecule has 1 aromatic rings. The predicted molar refractivity (Wildman–Crippen MR) is 130 cm³/mol. The lowest BCUT2D eigenvalue weighted by Gasteiger charge is -2.53. The van der Waals surface area contributed by atoms with Crippen molar-refractivity contribution in [3.63, 3.8) is 0 Å². The summed E-state index contributed by atoms with van der Waals surface area (Å²) in [6.07, 6.45) is 7.88. The number of benzene rings is 1. The minimum Gasteiger partial charge on any atom is -0.353 e. The molecule has 2 unspecified atom stereocenters. The first-order valence-corrected chi connectivity index (χ1v) is 13.2. The van der Waals surface area contributed by atoms with Crippen molar-refractivity contribution in [2.45, 2.75) is 69.9 Å². The molecule has 34 heavy (non-hydrogen) atoms. The van der Waals surface area contributed by atoms with Crippen LogP contribution in [0.2, 0.25) is 0 Å². The van der Waals surface area contributed by atoms with Crippen LogP contribution in [0.4, 0.5) is 4.79 Å². The lowest BCUT2D eigenvalue weighted by Crippen LogP contribution is -2.62. The SMILES string of the molecule is O=C(CCCc1ccccc1)NC1CCN(C(=O)N2CC3CC(C2)[C@H]2CCCC(=O)N2C3)CC1. The van der Waals surface area contributed by atoms with Crippen LogP contribution >= 0.6 is 0 Å². The number of amides is 4. The van der Waals surface area contributed by atoms with E-state index in [4.69, 9.17) is 0 Å². The average Bonchev–Trinajstić information content (AvgIpc) is 2.85. The fourth-order valence-electron chi connectivity index (χ4n) is 6.58. The molecule has 4 amide bonds. The molecule has 3 atom stereocenters. The maximum absolute atomic E-state index is 13.3. The quantitative estimate of drug-likeness (QED) is 0.725. The summed E-state index contributed by atoms with van der Waals surface area (Å²) in [5.74, 6) is 1.27. The number of aryl methyl sites for hydroxylation is 1. The first-order chi connectivity index (χ1) is 16.6. The van der Waals surface area contributed by atoms with Crippen LogP contribution in [0.5, 0.6) is 0 Å². The van der Waals surface area contributed by atoms with Gasteiger partial charge in [-0.1, -0.05) is 30.3 Å². The van der Waals surface area contributed by atoms with Crippen LogP contribution in [0.3, 0.4) is 0 Å². The van der Waals surface area contributed by atoms with Gasteiger partial charge in [-0.15, -0.1) is 0 Å². The van der Waals surface area contributed by atoms with Gasteiger partial charge in [0.15, 0.2) is 0 Å². The zero-order chi connectivity index (χ0) is 23.5. The van der Waals surface area contributed by atoms with Gasteiger partial charge in [-0.3, -0.25) is 9.59 Å². The molecule has 7 nitrogen and oxygen atoms in total. The number of hydrogen-bond donors (Lipinski definition) is 1. The molecule has 7 heteroatoms. The monoisotopic (exact) mass is 466 g/mol. The molecule has 2 bridgehead atoms. The highest BCUT2D eigenvalue weighted by molar-refractivity contribution is 5.78. The van der Waals surface area contributed by atoms with Gasteiger partial charge in [0.2, 0.25) is 11.8 Å². The van der Waals surface area contributed by atoms with E-state index in [1.54, 1.807) is 0 Å². The standard InChI is InChI=1S/C27H38N4O3/c32-25(10-4-8-20-6-2-1-3-7-20)28-23-12-14-29(15-13-23)27(34)30-17-21-16-22(19-30)24-9-5-11-26(33)31(24)18-21/h1-3,6-7,21-24H,4-5,8-19H2,(H,28,32)/t21?,22?,24-/m1/s1. The molecule has 4 saturated heterocycles. The molecule has 184 valence electrons. The molecule has 0 radical (unpaired) electrons. The second-order valence-electron chi connectivity index (χ2n) is 10.7. The molecule has 0 aromatic heterocycles. The van der Waals surface area contributed by atoms with Crippen molar-refractivity contribution in [1.29, 1.82) is 0 Å². The number of urea groups is 1. The number of carbonyl (C=O) groups excluding carboxylic acids is 3. The van der Waals surface area contributed by atoms with Crippen molar-refractivity contribution < 1.29 is 14.4 Å². The van der Waals surface area contributed by atoms with Crippen LogP contribution in [0.1, 0.15) is 56.9 Å². The van der Waals surface area contributed by atoms with Crippen molar-refractivity contribution in [1.82, 2.24) is 20.0 Å². The summed E-state index contributed by atoms with van der Waals surface area (Å²) in [6.45, 7) is 3.77. The number of likely N-dealkylation sites (tertiary alicyclic amines) is 2. The van der Waals surface area contributed by atoms with Crippen LogP contribution < -0.4 is 5.32 Å². The van der Waals surface area contributed by atoms with Crippen molar-refractivity contribution in [2.75, 3.05) is 32.7 Å². The van der Waals surface area contributed by atoms with Crippen molar-refractivity contribution >= 4 is 17.8 Å². The Kier molecular flexibility index (Phi) is 7.07. The van der Waals surface area contributed by atoms with E-state index in [9.17, 15) is 14.4 Å². The summed E-state index contributed by atoms with van der Waals surface area (Å²) >= 11 is 0. The first-order valence-electron chi connectivity index (χ1n) is 13.2. The highest BCUT2D eigenvalue weighted by Crippen LogP contribution is 2.38. The predicted octanol–water partition coefficient (Wildman–Crippen LogP) is 3.04. The van der Waals surface area contributed by atoms with Crippen molar-refractivity contribution in [3.05, 3.63) is 35.9 Å². The van der Waals surface area contributed by atoms with Gasteiger partial charge in [0.25, 0.3) is 0 Å². The van der Waals surface area contributed by atoms with E-state index in [1.807, 2.05) is 23.1 Å². The lowest BCUT2D eigenvalue weighted by atomic mass is 9.76. The Balaban J connectivity index is 1.05. The average molecular weight is 467 g/mol. The lowest BCUT2D eigenvalue weighted by molar-refractivity contribution is -0.144. The number of fused-ring (bicyclic) bond motifs is 4. The maximum atomic E-state index is 13.3. The van der Waals surface area contributed by atoms with Crippen molar-refractivity contribution in [3.8, 4) is 0 Å². The van der Waals surface area contributed by atoms with Gasteiger partial charge in [-0.25, -0.2) is 4.79 Å². The fraction of sp³-hybridized carbons (Fsp3) is 0.667. The third-order valence-electron chi connectivity index (χ3n) is 8.29. The van der Waals surface area contributed by atoms with Gasteiger partial charge in [-0.05, 0) is 62.3 Å². The first kappa shape index (κ1) is 23.2. The van der Waals surface area contributed by atoms with Gasteiger partial charge < -0.3 is 20.0 Å². The summed E-state index contributed by atoms with van der Waals surface area (Å²) in [7, 11) is 0. The Morgan fingerprint density at radius 1 is 0.971 bits per heavy atom. The topological polar surface area (TPSA) is 73.0 Å². The highest BCUT2D eigenvalue weighted by Gasteiger charge is 2.45. The Labute approximate surface area is 202 Å². The summed E-state index contributed by atoms with van der Waals surface area (Å²) in [4.78, 5) is 44.2. The van der Waals surface area contributed by atoms with Gasteiger partial charge in [0.05, 0.1) is 0 Å². The fourth-order valence-corrected chi connectivity index (χ4v) is 6.58. The van der Waals surface area contributed by atoms with E-state index in [0.717, 1.165) is 64.6 Å². The Morgan fingerprint density at radius 3 is 2.56 bits per heavy atom. The third-order valence-corrected chi connectivity index (χ3v) is 8.29. The number of nitrogens with zero attached hydrogens (tertiary/aromatic N) is 3. The molecule has 5 rings (SSSR count). The van der Waals surface area contributed by atoms with Gasteiger partial charge >= 0.3 is 6.03 Å². The van der Waals surface area contributed by atoms with Crippen LogP contribution in [-0.2, 0) is 16.0 Å². The molecule has 0 saturated carbocycles. The number of carbonyl (C=O) groups is 3. The number of nitrogens with one attached hydrogen (secondary N) is 1. The summed E-state index contributed by atoms with van der Waals surface area (Å²) in [6, 6.07) is 10.9. The van der Waals surface area contributed by atoms with Gasteiger partial charge in [0, 0.05) is 57.6 Å².